The highest BCUT2D eigenvalue weighted by Gasteiger charge is 2.20. The van der Waals surface area contributed by atoms with Gasteiger partial charge in [0, 0.05) is 31.2 Å². The largest absolute Gasteiger partial charge is 0.346 e. The van der Waals surface area contributed by atoms with E-state index in [1.807, 2.05) is 23.1 Å². The average Bonchev–Trinajstić information content (AvgIpc) is 2.74. The van der Waals surface area contributed by atoms with E-state index in [2.05, 4.69) is 22.5 Å². The zero-order valence-electron chi connectivity index (χ0n) is 11.5. The van der Waals surface area contributed by atoms with Crippen LogP contribution in [-0.4, -0.2) is 47.7 Å². The molecule has 7 heteroatoms. The Morgan fingerprint density at radius 2 is 2.19 bits per heavy atom. The standard InChI is InChI=1S/C14H16ClN3OS2/c15-10-2-3-11-12(8-10)21-14(16-11)18-5-1-4-17(6-7-18)13(19)9-20/h2-3,8,20H,1,4-7,9H2. The van der Waals surface area contributed by atoms with Gasteiger partial charge in [0.1, 0.15) is 0 Å². The summed E-state index contributed by atoms with van der Waals surface area (Å²) in [6.07, 6.45) is 0.955. The Balaban J connectivity index is 1.78. The second kappa shape index (κ2) is 6.42. The number of fused-ring (bicyclic) bond motifs is 1. The van der Waals surface area contributed by atoms with Gasteiger partial charge in [-0.25, -0.2) is 4.98 Å². The van der Waals surface area contributed by atoms with Crippen LogP contribution in [0.15, 0.2) is 18.2 Å². The normalized spacial score (nSPS) is 16.3. The Hall–Kier alpha value is -0.980. The van der Waals surface area contributed by atoms with Gasteiger partial charge in [-0.15, -0.1) is 0 Å². The summed E-state index contributed by atoms with van der Waals surface area (Å²) in [5.74, 6) is 0.385. The number of hydrogen-bond acceptors (Lipinski definition) is 5. The average molecular weight is 342 g/mol. The van der Waals surface area contributed by atoms with E-state index in [9.17, 15) is 4.79 Å². The third-order valence-electron chi connectivity index (χ3n) is 3.59. The maximum atomic E-state index is 11.7. The Labute approximate surface area is 138 Å². The predicted octanol–water partition coefficient (Wildman–Crippen LogP) is 2.92. The minimum Gasteiger partial charge on any atom is -0.346 e. The highest BCUT2D eigenvalue weighted by atomic mass is 35.5. The van der Waals surface area contributed by atoms with Crippen molar-refractivity contribution >= 4 is 56.8 Å². The number of anilines is 1. The van der Waals surface area contributed by atoms with Crippen LogP contribution in [0.1, 0.15) is 6.42 Å². The summed E-state index contributed by atoms with van der Waals surface area (Å²) in [6.45, 7) is 3.26. The molecule has 1 saturated heterocycles. The quantitative estimate of drug-likeness (QED) is 0.853. The number of carbonyl (C=O) groups is 1. The van der Waals surface area contributed by atoms with E-state index in [1.165, 1.54) is 0 Å². The number of halogens is 1. The molecule has 112 valence electrons. The molecule has 1 aliphatic rings. The van der Waals surface area contributed by atoms with Crippen molar-refractivity contribution in [3.63, 3.8) is 0 Å². The van der Waals surface area contributed by atoms with E-state index in [0.29, 0.717) is 0 Å². The predicted molar refractivity (Wildman–Crippen MR) is 91.9 cm³/mol. The summed E-state index contributed by atoms with van der Waals surface area (Å²) >= 11 is 11.7. The summed E-state index contributed by atoms with van der Waals surface area (Å²) in [6, 6.07) is 5.77. The smallest absolute Gasteiger partial charge is 0.232 e. The molecule has 0 bridgehead atoms. The molecule has 1 aliphatic heterocycles. The molecule has 0 unspecified atom stereocenters. The first kappa shape index (κ1) is 14.9. The van der Waals surface area contributed by atoms with Crippen LogP contribution in [0.5, 0.6) is 0 Å². The summed E-state index contributed by atoms with van der Waals surface area (Å²) < 4.78 is 1.10. The van der Waals surface area contributed by atoms with E-state index in [4.69, 9.17) is 11.6 Å². The van der Waals surface area contributed by atoms with Crippen molar-refractivity contribution in [2.24, 2.45) is 0 Å². The van der Waals surface area contributed by atoms with Crippen LogP contribution in [0, 0.1) is 0 Å². The van der Waals surface area contributed by atoms with E-state index in [1.54, 1.807) is 11.3 Å². The molecule has 0 radical (unpaired) electrons. The second-order valence-corrected chi connectivity index (χ2v) is 6.75. The van der Waals surface area contributed by atoms with Gasteiger partial charge >= 0.3 is 0 Å². The first-order valence-electron chi connectivity index (χ1n) is 6.87. The molecule has 2 aromatic rings. The van der Waals surface area contributed by atoms with Gasteiger partial charge in [0.05, 0.1) is 16.0 Å². The van der Waals surface area contributed by atoms with Gasteiger partial charge in [0.2, 0.25) is 5.91 Å². The van der Waals surface area contributed by atoms with E-state index >= 15 is 0 Å². The molecule has 1 fully saturated rings. The number of thiol groups is 1. The van der Waals surface area contributed by atoms with Gasteiger partial charge in [-0.3, -0.25) is 4.79 Å². The summed E-state index contributed by atoms with van der Waals surface area (Å²) in [7, 11) is 0. The molecule has 0 saturated carbocycles. The van der Waals surface area contributed by atoms with Crippen molar-refractivity contribution in [3.8, 4) is 0 Å². The summed E-state index contributed by atoms with van der Waals surface area (Å²) in [5.41, 5.74) is 0.979. The molecule has 2 heterocycles. The zero-order chi connectivity index (χ0) is 14.8. The molecular weight excluding hydrogens is 326 g/mol. The minimum absolute atomic E-state index is 0.108. The van der Waals surface area contributed by atoms with Crippen LogP contribution >= 0.6 is 35.6 Å². The highest BCUT2D eigenvalue weighted by Crippen LogP contribution is 2.31. The topological polar surface area (TPSA) is 36.4 Å². The monoisotopic (exact) mass is 341 g/mol. The van der Waals surface area contributed by atoms with Crippen molar-refractivity contribution in [2.45, 2.75) is 6.42 Å². The lowest BCUT2D eigenvalue weighted by atomic mass is 10.3. The third-order valence-corrected chi connectivity index (χ3v) is 5.18. The molecule has 0 aliphatic carbocycles. The number of nitrogens with zero attached hydrogens (tertiary/aromatic N) is 3. The number of benzene rings is 1. The molecule has 0 N–H and O–H groups in total. The maximum Gasteiger partial charge on any atom is 0.232 e. The van der Waals surface area contributed by atoms with Crippen LogP contribution in [-0.2, 0) is 4.79 Å². The summed E-state index contributed by atoms with van der Waals surface area (Å²) in [5, 5.41) is 1.74. The van der Waals surface area contributed by atoms with Crippen LogP contribution in [0.3, 0.4) is 0 Å². The fourth-order valence-electron chi connectivity index (χ4n) is 2.48. The van der Waals surface area contributed by atoms with Gasteiger partial charge in [0.15, 0.2) is 5.13 Å². The van der Waals surface area contributed by atoms with Gasteiger partial charge in [0.25, 0.3) is 0 Å². The summed E-state index contributed by atoms with van der Waals surface area (Å²) in [4.78, 5) is 20.6. The lowest BCUT2D eigenvalue weighted by molar-refractivity contribution is -0.128. The molecule has 0 atom stereocenters. The number of thiazole rings is 1. The SMILES string of the molecule is O=C(CS)N1CCCN(c2nc3ccc(Cl)cc3s2)CC1. The van der Waals surface area contributed by atoms with Crippen LogP contribution in [0.25, 0.3) is 10.2 Å². The first-order chi connectivity index (χ1) is 10.2. The van der Waals surface area contributed by atoms with Gasteiger partial charge in [-0.05, 0) is 24.6 Å². The lowest BCUT2D eigenvalue weighted by Gasteiger charge is -2.21. The lowest BCUT2D eigenvalue weighted by Crippen LogP contribution is -2.35. The fraction of sp³-hybridized carbons (Fsp3) is 0.429. The third kappa shape index (κ3) is 3.27. The molecule has 21 heavy (non-hydrogen) atoms. The van der Waals surface area contributed by atoms with Crippen LogP contribution in [0.2, 0.25) is 5.02 Å². The fourth-order valence-corrected chi connectivity index (χ4v) is 3.97. The number of hydrogen-bond donors (Lipinski definition) is 1. The molecule has 1 aromatic heterocycles. The van der Waals surface area contributed by atoms with E-state index < -0.39 is 0 Å². The van der Waals surface area contributed by atoms with E-state index in [-0.39, 0.29) is 11.7 Å². The second-order valence-electron chi connectivity index (χ2n) is 4.99. The highest BCUT2D eigenvalue weighted by molar-refractivity contribution is 7.81. The van der Waals surface area contributed by atoms with Crippen LogP contribution in [0.4, 0.5) is 5.13 Å². The van der Waals surface area contributed by atoms with E-state index in [0.717, 1.165) is 53.0 Å². The Kier molecular flexibility index (Phi) is 4.57. The Morgan fingerprint density at radius 3 is 3.00 bits per heavy atom. The molecule has 3 rings (SSSR count). The zero-order valence-corrected chi connectivity index (χ0v) is 13.9. The molecule has 1 aromatic carbocycles. The van der Waals surface area contributed by atoms with Crippen LogP contribution < -0.4 is 4.90 Å². The number of aromatic nitrogens is 1. The molecular formula is C14H16ClN3OS2. The number of amides is 1. The van der Waals surface area contributed by atoms with Gasteiger partial charge in [-0.2, -0.15) is 12.6 Å². The van der Waals surface area contributed by atoms with Gasteiger partial charge in [-0.1, -0.05) is 22.9 Å². The minimum atomic E-state index is 0.108. The number of carbonyl (C=O) groups excluding carboxylic acids is 1. The van der Waals surface area contributed by atoms with Gasteiger partial charge < -0.3 is 9.80 Å². The van der Waals surface area contributed by atoms with Crippen molar-refractivity contribution in [1.29, 1.82) is 0 Å². The van der Waals surface area contributed by atoms with Crippen molar-refractivity contribution < 1.29 is 4.79 Å². The Bertz CT molecular complexity index is 661. The molecule has 0 spiro atoms. The van der Waals surface area contributed by atoms with Crippen molar-refractivity contribution in [1.82, 2.24) is 9.88 Å². The van der Waals surface area contributed by atoms with Crippen molar-refractivity contribution in [2.75, 3.05) is 36.8 Å². The molecule has 4 nitrogen and oxygen atoms in total. The van der Waals surface area contributed by atoms with Crippen molar-refractivity contribution in [3.05, 3.63) is 23.2 Å². The maximum absolute atomic E-state index is 11.7. The molecule has 1 amide bonds. The Morgan fingerprint density at radius 1 is 1.33 bits per heavy atom. The first-order valence-corrected chi connectivity index (χ1v) is 8.70. The number of rotatable bonds is 2.